The van der Waals surface area contributed by atoms with Gasteiger partial charge in [-0.1, -0.05) is 17.4 Å². The Labute approximate surface area is 166 Å². The van der Waals surface area contributed by atoms with Gasteiger partial charge in [0.25, 0.3) is 5.91 Å². The summed E-state index contributed by atoms with van der Waals surface area (Å²) < 4.78 is 10.0. The van der Waals surface area contributed by atoms with Gasteiger partial charge >= 0.3 is 0 Å². The van der Waals surface area contributed by atoms with E-state index in [4.69, 9.17) is 9.72 Å². The van der Waals surface area contributed by atoms with Gasteiger partial charge in [0.05, 0.1) is 17.9 Å². The number of carbonyl (C=O) groups is 1. The third-order valence-electron chi connectivity index (χ3n) is 4.30. The van der Waals surface area contributed by atoms with E-state index in [0.29, 0.717) is 30.5 Å². The highest BCUT2D eigenvalue weighted by molar-refractivity contribution is 7.22. The Morgan fingerprint density at radius 2 is 2.11 bits per heavy atom. The summed E-state index contributed by atoms with van der Waals surface area (Å²) in [5, 5.41) is 8.97. The number of anilines is 1. The molecule has 3 aromatic heterocycles. The number of aromatic nitrogens is 5. The molecule has 0 atom stereocenters. The van der Waals surface area contributed by atoms with E-state index in [-0.39, 0.29) is 5.91 Å². The van der Waals surface area contributed by atoms with E-state index in [0.717, 1.165) is 16.0 Å². The number of hydrogen-bond donors (Lipinski definition) is 0. The Balaban J connectivity index is 1.72. The van der Waals surface area contributed by atoms with Crippen LogP contribution in [0.5, 0.6) is 5.75 Å². The van der Waals surface area contributed by atoms with Crippen molar-refractivity contribution in [3.05, 3.63) is 54.6 Å². The van der Waals surface area contributed by atoms with Gasteiger partial charge in [0, 0.05) is 32.2 Å². The number of rotatable bonds is 7. The first-order chi connectivity index (χ1) is 13.7. The minimum Gasteiger partial charge on any atom is -0.492 e. The summed E-state index contributed by atoms with van der Waals surface area (Å²) in [5.41, 5.74) is 1.27. The van der Waals surface area contributed by atoms with E-state index in [1.807, 2.05) is 37.4 Å². The molecule has 0 N–H and O–H groups in total. The highest BCUT2D eigenvalue weighted by atomic mass is 32.1. The van der Waals surface area contributed by atoms with E-state index in [1.165, 1.54) is 11.3 Å². The lowest BCUT2D eigenvalue weighted by Crippen LogP contribution is -2.35. The number of thiazole rings is 1. The van der Waals surface area contributed by atoms with Crippen LogP contribution in [0.25, 0.3) is 10.2 Å². The van der Waals surface area contributed by atoms with Crippen molar-refractivity contribution < 1.29 is 9.53 Å². The van der Waals surface area contributed by atoms with E-state index in [2.05, 4.69) is 10.2 Å². The molecular formula is C19H20N6O2S. The van der Waals surface area contributed by atoms with Crippen LogP contribution in [0, 0.1) is 0 Å². The number of para-hydroxylation sites is 1. The van der Waals surface area contributed by atoms with Crippen molar-refractivity contribution in [2.24, 2.45) is 7.05 Å². The zero-order valence-corrected chi connectivity index (χ0v) is 16.5. The lowest BCUT2D eigenvalue weighted by Gasteiger charge is -2.19. The number of carbonyl (C=O) groups excluding carboxylic acids is 1. The monoisotopic (exact) mass is 396 g/mol. The van der Waals surface area contributed by atoms with E-state index in [9.17, 15) is 4.79 Å². The highest BCUT2D eigenvalue weighted by Gasteiger charge is 2.24. The first-order valence-corrected chi connectivity index (χ1v) is 9.78. The van der Waals surface area contributed by atoms with Gasteiger partial charge < -0.3 is 4.74 Å². The summed E-state index contributed by atoms with van der Waals surface area (Å²) in [6.45, 7) is 3.50. The summed E-state index contributed by atoms with van der Waals surface area (Å²) in [7, 11) is 1.75. The van der Waals surface area contributed by atoms with Crippen molar-refractivity contribution in [3.63, 3.8) is 0 Å². The maximum Gasteiger partial charge on any atom is 0.278 e. The molecule has 8 nitrogen and oxygen atoms in total. The Hall–Kier alpha value is -3.20. The standard InChI is InChI=1S/C19H20N6O2S/c1-3-27-15-6-4-7-16-17(15)22-19(28-16)25(13-12-24-11-5-9-21-24)18(26)14-8-10-20-23(14)2/h4-11H,3,12-13H2,1-2H3. The molecule has 0 spiro atoms. The minimum absolute atomic E-state index is 0.149. The second kappa shape index (κ2) is 7.81. The third kappa shape index (κ3) is 3.48. The second-order valence-corrected chi connectivity index (χ2v) is 7.11. The number of benzene rings is 1. The Morgan fingerprint density at radius 3 is 2.82 bits per heavy atom. The van der Waals surface area contributed by atoms with Crippen molar-refractivity contribution in [1.29, 1.82) is 0 Å². The average Bonchev–Trinajstić information content (AvgIpc) is 3.42. The van der Waals surface area contributed by atoms with E-state index < -0.39 is 0 Å². The Kier molecular flexibility index (Phi) is 5.07. The van der Waals surface area contributed by atoms with Gasteiger partial charge in [-0.15, -0.1) is 0 Å². The molecule has 0 bridgehead atoms. The van der Waals surface area contributed by atoms with Gasteiger partial charge in [-0.05, 0) is 31.2 Å². The molecule has 3 heterocycles. The predicted octanol–water partition coefficient (Wildman–Crippen LogP) is 2.97. The van der Waals surface area contributed by atoms with Gasteiger partial charge in [-0.3, -0.25) is 19.1 Å². The number of amides is 1. The van der Waals surface area contributed by atoms with Crippen LogP contribution in [0.15, 0.2) is 48.9 Å². The fraction of sp³-hybridized carbons (Fsp3) is 0.263. The fourth-order valence-electron chi connectivity index (χ4n) is 2.94. The molecule has 144 valence electrons. The van der Waals surface area contributed by atoms with Gasteiger partial charge in [-0.2, -0.15) is 10.2 Å². The number of hydrogen-bond acceptors (Lipinski definition) is 6. The van der Waals surface area contributed by atoms with Crippen molar-refractivity contribution in [2.75, 3.05) is 18.1 Å². The van der Waals surface area contributed by atoms with Gasteiger partial charge in [0.2, 0.25) is 0 Å². The third-order valence-corrected chi connectivity index (χ3v) is 5.34. The summed E-state index contributed by atoms with van der Waals surface area (Å²) in [5.74, 6) is 0.576. The molecule has 1 amide bonds. The molecule has 0 aliphatic heterocycles. The van der Waals surface area contributed by atoms with Gasteiger partial charge in [0.1, 0.15) is 17.0 Å². The van der Waals surface area contributed by atoms with E-state index >= 15 is 0 Å². The topological polar surface area (TPSA) is 78.1 Å². The number of ether oxygens (including phenoxy) is 1. The fourth-order valence-corrected chi connectivity index (χ4v) is 3.95. The van der Waals surface area contributed by atoms with Crippen LogP contribution in [0.1, 0.15) is 17.4 Å². The molecule has 4 rings (SSSR count). The largest absolute Gasteiger partial charge is 0.492 e. The summed E-state index contributed by atoms with van der Waals surface area (Å²) in [6.07, 6.45) is 5.21. The van der Waals surface area contributed by atoms with Crippen LogP contribution in [0.2, 0.25) is 0 Å². The van der Waals surface area contributed by atoms with Crippen molar-refractivity contribution in [2.45, 2.75) is 13.5 Å². The van der Waals surface area contributed by atoms with Crippen molar-refractivity contribution in [1.82, 2.24) is 24.5 Å². The second-order valence-electron chi connectivity index (χ2n) is 6.10. The maximum atomic E-state index is 13.2. The van der Waals surface area contributed by atoms with Crippen LogP contribution >= 0.6 is 11.3 Å². The lowest BCUT2D eigenvalue weighted by atomic mass is 10.3. The number of nitrogens with zero attached hydrogens (tertiary/aromatic N) is 6. The number of aryl methyl sites for hydroxylation is 1. The van der Waals surface area contributed by atoms with Crippen molar-refractivity contribution in [3.8, 4) is 5.75 Å². The quantitative estimate of drug-likeness (QED) is 0.480. The molecule has 0 saturated heterocycles. The zero-order chi connectivity index (χ0) is 19.5. The van der Waals surface area contributed by atoms with Gasteiger partial charge in [-0.25, -0.2) is 4.98 Å². The van der Waals surface area contributed by atoms with Crippen LogP contribution < -0.4 is 9.64 Å². The molecule has 0 aliphatic carbocycles. The van der Waals surface area contributed by atoms with Gasteiger partial charge in [0.15, 0.2) is 5.13 Å². The van der Waals surface area contributed by atoms with Crippen molar-refractivity contribution >= 4 is 32.6 Å². The zero-order valence-electron chi connectivity index (χ0n) is 15.6. The molecule has 9 heteroatoms. The molecule has 28 heavy (non-hydrogen) atoms. The van der Waals surface area contributed by atoms with E-state index in [1.54, 1.807) is 39.8 Å². The van der Waals surface area contributed by atoms with Crippen LogP contribution in [-0.4, -0.2) is 43.6 Å². The first kappa shape index (κ1) is 18.2. The number of fused-ring (bicyclic) bond motifs is 1. The molecule has 0 aliphatic rings. The molecule has 0 unspecified atom stereocenters. The summed E-state index contributed by atoms with van der Waals surface area (Å²) in [6, 6.07) is 9.39. The van der Waals surface area contributed by atoms with Crippen LogP contribution in [0.4, 0.5) is 5.13 Å². The molecule has 0 saturated carbocycles. The molecule has 1 aromatic carbocycles. The Bertz CT molecular complexity index is 1090. The molecular weight excluding hydrogens is 376 g/mol. The summed E-state index contributed by atoms with van der Waals surface area (Å²) >= 11 is 1.47. The minimum atomic E-state index is -0.149. The van der Waals surface area contributed by atoms with Crippen LogP contribution in [-0.2, 0) is 13.6 Å². The first-order valence-electron chi connectivity index (χ1n) is 8.97. The Morgan fingerprint density at radius 1 is 1.21 bits per heavy atom. The average molecular weight is 396 g/mol. The molecule has 4 aromatic rings. The lowest BCUT2D eigenvalue weighted by molar-refractivity contribution is 0.0976. The highest BCUT2D eigenvalue weighted by Crippen LogP contribution is 2.34. The molecule has 0 radical (unpaired) electrons. The maximum absolute atomic E-state index is 13.2. The SMILES string of the molecule is CCOc1cccc2sc(N(CCn3cccn3)C(=O)c3ccnn3C)nc12. The predicted molar refractivity (Wildman–Crippen MR) is 108 cm³/mol. The smallest absolute Gasteiger partial charge is 0.278 e. The summed E-state index contributed by atoms with van der Waals surface area (Å²) in [4.78, 5) is 19.7. The normalized spacial score (nSPS) is 11.1. The van der Waals surface area contributed by atoms with Crippen LogP contribution in [0.3, 0.4) is 0 Å². The molecule has 0 fully saturated rings.